The molecule has 3 aromatic rings. The highest BCUT2D eigenvalue weighted by Crippen LogP contribution is 2.22. The monoisotopic (exact) mass is 430 g/mol. The van der Waals surface area contributed by atoms with Gasteiger partial charge in [0.05, 0.1) is 11.8 Å². The number of benzene rings is 2. The molecule has 3 rings (SSSR count). The molecule has 2 N–H and O–H groups in total. The van der Waals surface area contributed by atoms with Crippen molar-refractivity contribution in [2.45, 2.75) is 31.7 Å². The standard InChI is InChI=1S/C21H23ClN4O2S/c1-14(2)20(15-6-4-3-5-7-15)24-19(27)13-29-21-23-18(25-26-21)12-28-17-10-8-16(22)9-11-17/h3-11,14,20H,12-13H2,1-2H3,(H,24,27)(H,23,25,26). The molecule has 8 heteroatoms. The first-order chi connectivity index (χ1) is 14.0. The van der Waals surface area contributed by atoms with Gasteiger partial charge in [0.1, 0.15) is 12.4 Å². The van der Waals surface area contributed by atoms with Gasteiger partial charge in [-0.3, -0.25) is 9.89 Å². The normalized spacial score (nSPS) is 12.0. The molecule has 1 aromatic heterocycles. The van der Waals surface area contributed by atoms with Gasteiger partial charge in [-0.15, -0.1) is 5.10 Å². The second kappa shape index (κ2) is 10.3. The Bertz CT molecular complexity index is 916. The summed E-state index contributed by atoms with van der Waals surface area (Å²) in [6.07, 6.45) is 0. The van der Waals surface area contributed by atoms with Crippen molar-refractivity contribution in [2.75, 3.05) is 5.75 Å². The van der Waals surface area contributed by atoms with E-state index in [0.717, 1.165) is 5.56 Å². The van der Waals surface area contributed by atoms with Gasteiger partial charge in [0.25, 0.3) is 0 Å². The highest BCUT2D eigenvalue weighted by molar-refractivity contribution is 7.99. The molecule has 0 fully saturated rings. The van der Waals surface area contributed by atoms with Crippen LogP contribution >= 0.6 is 23.4 Å². The minimum Gasteiger partial charge on any atom is -0.486 e. The molecule has 29 heavy (non-hydrogen) atoms. The first kappa shape index (κ1) is 21.2. The largest absolute Gasteiger partial charge is 0.486 e. The summed E-state index contributed by atoms with van der Waals surface area (Å²) in [5.41, 5.74) is 1.10. The number of H-pyrrole nitrogens is 1. The molecule has 6 nitrogen and oxygen atoms in total. The van der Waals surface area contributed by atoms with Crippen molar-refractivity contribution in [3.8, 4) is 5.75 Å². The highest BCUT2D eigenvalue weighted by Gasteiger charge is 2.18. The van der Waals surface area contributed by atoms with Gasteiger partial charge in [-0.1, -0.05) is 67.5 Å². The number of hydrogen-bond acceptors (Lipinski definition) is 5. The molecular weight excluding hydrogens is 408 g/mol. The lowest BCUT2D eigenvalue weighted by Gasteiger charge is -2.22. The fourth-order valence-electron chi connectivity index (χ4n) is 2.73. The molecule has 0 saturated heterocycles. The number of ether oxygens (including phenoxy) is 1. The molecule has 1 unspecified atom stereocenters. The Morgan fingerprint density at radius 2 is 1.90 bits per heavy atom. The molecule has 0 spiro atoms. The molecule has 1 heterocycles. The number of thioether (sulfide) groups is 1. The molecule has 0 saturated carbocycles. The van der Waals surface area contributed by atoms with E-state index in [2.05, 4.69) is 34.3 Å². The predicted molar refractivity (Wildman–Crippen MR) is 115 cm³/mol. The van der Waals surface area contributed by atoms with Gasteiger partial charge in [0, 0.05) is 5.02 Å². The van der Waals surface area contributed by atoms with Crippen LogP contribution in [0.2, 0.25) is 5.02 Å². The van der Waals surface area contributed by atoms with Crippen LogP contribution in [0.25, 0.3) is 0 Å². The van der Waals surface area contributed by atoms with Gasteiger partial charge in [0.2, 0.25) is 11.1 Å². The van der Waals surface area contributed by atoms with Gasteiger partial charge in [-0.05, 0) is 35.7 Å². The Morgan fingerprint density at radius 3 is 2.59 bits per heavy atom. The Kier molecular flexibility index (Phi) is 7.55. The van der Waals surface area contributed by atoms with E-state index in [0.29, 0.717) is 21.8 Å². The second-order valence-electron chi connectivity index (χ2n) is 6.80. The molecule has 1 amide bonds. The van der Waals surface area contributed by atoms with Crippen LogP contribution in [0.5, 0.6) is 5.75 Å². The summed E-state index contributed by atoms with van der Waals surface area (Å²) in [5.74, 6) is 1.76. The number of nitrogens with one attached hydrogen (secondary N) is 2. The first-order valence-corrected chi connectivity index (χ1v) is 10.6. The van der Waals surface area contributed by atoms with Crippen LogP contribution in [-0.2, 0) is 11.4 Å². The number of aromatic amines is 1. The number of carbonyl (C=O) groups excluding carboxylic acids is 1. The van der Waals surface area contributed by atoms with E-state index in [4.69, 9.17) is 16.3 Å². The van der Waals surface area contributed by atoms with Gasteiger partial charge in [-0.25, -0.2) is 4.98 Å². The van der Waals surface area contributed by atoms with Crippen LogP contribution < -0.4 is 10.1 Å². The van der Waals surface area contributed by atoms with E-state index >= 15 is 0 Å². The van der Waals surface area contributed by atoms with E-state index < -0.39 is 0 Å². The summed E-state index contributed by atoms with van der Waals surface area (Å²) in [6.45, 7) is 4.44. The van der Waals surface area contributed by atoms with E-state index in [-0.39, 0.29) is 30.2 Å². The molecule has 0 aliphatic carbocycles. The molecular formula is C21H23ClN4O2S. The van der Waals surface area contributed by atoms with Gasteiger partial charge in [0.15, 0.2) is 5.82 Å². The molecule has 152 valence electrons. The zero-order valence-electron chi connectivity index (χ0n) is 16.3. The SMILES string of the molecule is CC(C)C(NC(=O)CSc1n[nH]c(COc2ccc(Cl)cc2)n1)c1ccccc1. The quantitative estimate of drug-likeness (QED) is 0.483. The number of hydrogen-bond donors (Lipinski definition) is 2. The number of halogens is 1. The third kappa shape index (κ3) is 6.51. The third-order valence-corrected chi connectivity index (χ3v) is 5.27. The zero-order chi connectivity index (χ0) is 20.6. The summed E-state index contributed by atoms with van der Waals surface area (Å²) in [7, 11) is 0. The van der Waals surface area contributed by atoms with E-state index in [1.165, 1.54) is 11.8 Å². The minimum atomic E-state index is -0.0543. The maximum Gasteiger partial charge on any atom is 0.230 e. The molecule has 0 bridgehead atoms. The van der Waals surface area contributed by atoms with Crippen LogP contribution in [0.1, 0.15) is 31.3 Å². The Hall–Kier alpha value is -2.51. The average Bonchev–Trinajstić information content (AvgIpc) is 3.18. The Labute approximate surface area is 179 Å². The zero-order valence-corrected chi connectivity index (χ0v) is 17.8. The summed E-state index contributed by atoms with van der Waals surface area (Å²) in [5, 5.41) is 11.2. The summed E-state index contributed by atoms with van der Waals surface area (Å²) >= 11 is 7.14. The Balaban J connectivity index is 1.48. The molecule has 0 aliphatic heterocycles. The van der Waals surface area contributed by atoms with E-state index in [1.807, 2.05) is 30.3 Å². The van der Waals surface area contributed by atoms with Crippen molar-refractivity contribution in [3.63, 3.8) is 0 Å². The van der Waals surface area contributed by atoms with Crippen molar-refractivity contribution in [1.82, 2.24) is 20.5 Å². The van der Waals surface area contributed by atoms with Gasteiger partial charge < -0.3 is 10.1 Å². The highest BCUT2D eigenvalue weighted by atomic mass is 35.5. The number of amides is 1. The fraction of sp³-hybridized carbons (Fsp3) is 0.286. The van der Waals surface area contributed by atoms with Crippen LogP contribution in [0.15, 0.2) is 59.8 Å². The topological polar surface area (TPSA) is 79.9 Å². The maximum absolute atomic E-state index is 12.4. The Morgan fingerprint density at radius 1 is 1.17 bits per heavy atom. The molecule has 0 aliphatic rings. The van der Waals surface area contributed by atoms with Gasteiger partial charge in [-0.2, -0.15) is 0 Å². The lowest BCUT2D eigenvalue weighted by molar-refractivity contribution is -0.119. The number of rotatable bonds is 9. The fourth-order valence-corrected chi connectivity index (χ4v) is 3.48. The molecule has 1 atom stereocenters. The summed E-state index contributed by atoms with van der Waals surface area (Å²) < 4.78 is 5.63. The van der Waals surface area contributed by atoms with E-state index in [1.54, 1.807) is 24.3 Å². The minimum absolute atomic E-state index is 0.0280. The van der Waals surface area contributed by atoms with Crippen LogP contribution in [0.3, 0.4) is 0 Å². The summed E-state index contributed by atoms with van der Waals surface area (Å²) in [6, 6.07) is 17.1. The van der Waals surface area contributed by atoms with Crippen LogP contribution in [0, 0.1) is 5.92 Å². The van der Waals surface area contributed by atoms with Crippen LogP contribution in [0.4, 0.5) is 0 Å². The molecule has 0 radical (unpaired) electrons. The van der Waals surface area contributed by atoms with Gasteiger partial charge >= 0.3 is 0 Å². The van der Waals surface area contributed by atoms with Crippen molar-refractivity contribution in [2.24, 2.45) is 5.92 Å². The van der Waals surface area contributed by atoms with Crippen molar-refractivity contribution < 1.29 is 9.53 Å². The predicted octanol–water partition coefficient (Wildman–Crippen LogP) is 4.64. The third-order valence-electron chi connectivity index (χ3n) is 4.17. The van der Waals surface area contributed by atoms with E-state index in [9.17, 15) is 4.79 Å². The number of nitrogens with zero attached hydrogens (tertiary/aromatic N) is 2. The summed E-state index contributed by atoms with van der Waals surface area (Å²) in [4.78, 5) is 16.8. The lowest BCUT2D eigenvalue weighted by atomic mass is 9.96. The maximum atomic E-state index is 12.4. The number of carbonyl (C=O) groups is 1. The van der Waals surface area contributed by atoms with Crippen molar-refractivity contribution in [3.05, 3.63) is 71.0 Å². The van der Waals surface area contributed by atoms with Crippen molar-refractivity contribution in [1.29, 1.82) is 0 Å². The first-order valence-electron chi connectivity index (χ1n) is 9.28. The molecule has 2 aromatic carbocycles. The average molecular weight is 431 g/mol. The number of aromatic nitrogens is 3. The van der Waals surface area contributed by atoms with Crippen molar-refractivity contribution >= 4 is 29.3 Å². The van der Waals surface area contributed by atoms with Crippen LogP contribution in [-0.4, -0.2) is 26.8 Å². The second-order valence-corrected chi connectivity index (χ2v) is 8.17. The lowest BCUT2D eigenvalue weighted by Crippen LogP contribution is -2.32. The smallest absolute Gasteiger partial charge is 0.230 e.